The highest BCUT2D eigenvalue weighted by molar-refractivity contribution is 9.10. The van der Waals surface area contributed by atoms with E-state index in [2.05, 4.69) is 20.8 Å². The molecule has 1 aromatic rings. The molecule has 1 aliphatic heterocycles. The number of halogens is 1. The Hall–Kier alpha value is -0.980. The van der Waals surface area contributed by atoms with Gasteiger partial charge in [0, 0.05) is 24.7 Å². The maximum Gasteiger partial charge on any atom is 0.283 e. The number of nitro benzene ring substituents is 1. The van der Waals surface area contributed by atoms with Crippen molar-refractivity contribution in [1.29, 1.82) is 0 Å². The smallest absolute Gasteiger partial charge is 0.283 e. The summed E-state index contributed by atoms with van der Waals surface area (Å²) in [7, 11) is 0. The first kappa shape index (κ1) is 15.4. The summed E-state index contributed by atoms with van der Waals surface area (Å²) in [5.74, 6) is 0. The van der Waals surface area contributed by atoms with Gasteiger partial charge in [-0.25, -0.2) is 0 Å². The summed E-state index contributed by atoms with van der Waals surface area (Å²) in [4.78, 5) is 13.0. The fourth-order valence-corrected chi connectivity index (χ4v) is 3.39. The van der Waals surface area contributed by atoms with Crippen molar-refractivity contribution < 1.29 is 4.92 Å². The quantitative estimate of drug-likeness (QED) is 0.674. The number of benzene rings is 1. The monoisotopic (exact) mass is 341 g/mol. The SMILES string of the molecule is CC(N)C1CCCCN1Cc1cccc([N+](=O)[O-])c1Br. The lowest BCUT2D eigenvalue weighted by molar-refractivity contribution is -0.385. The molecule has 5 nitrogen and oxygen atoms in total. The summed E-state index contributed by atoms with van der Waals surface area (Å²) in [5.41, 5.74) is 7.14. The van der Waals surface area contributed by atoms with Crippen molar-refractivity contribution in [2.45, 2.75) is 44.8 Å². The number of nitrogens with zero attached hydrogens (tertiary/aromatic N) is 2. The van der Waals surface area contributed by atoms with Crippen molar-refractivity contribution in [2.75, 3.05) is 6.54 Å². The summed E-state index contributed by atoms with van der Waals surface area (Å²) >= 11 is 3.37. The van der Waals surface area contributed by atoms with Gasteiger partial charge in [0.15, 0.2) is 0 Å². The van der Waals surface area contributed by atoms with Crippen LogP contribution < -0.4 is 5.73 Å². The molecular weight excluding hydrogens is 322 g/mol. The minimum absolute atomic E-state index is 0.118. The molecule has 0 aliphatic carbocycles. The van der Waals surface area contributed by atoms with E-state index in [0.29, 0.717) is 17.1 Å². The van der Waals surface area contributed by atoms with Crippen LogP contribution in [0, 0.1) is 10.1 Å². The predicted molar refractivity (Wildman–Crippen MR) is 82.5 cm³/mol. The Labute approximate surface area is 127 Å². The lowest BCUT2D eigenvalue weighted by atomic mass is 9.96. The van der Waals surface area contributed by atoms with E-state index in [1.54, 1.807) is 6.07 Å². The van der Waals surface area contributed by atoms with Crippen LogP contribution in [0.2, 0.25) is 0 Å². The van der Waals surface area contributed by atoms with Crippen LogP contribution in [0.1, 0.15) is 31.7 Å². The number of hydrogen-bond donors (Lipinski definition) is 1. The molecule has 1 aromatic carbocycles. The molecule has 2 unspecified atom stereocenters. The van der Waals surface area contributed by atoms with Crippen molar-refractivity contribution in [3.63, 3.8) is 0 Å². The average molecular weight is 342 g/mol. The highest BCUT2D eigenvalue weighted by Crippen LogP contribution is 2.30. The number of hydrogen-bond acceptors (Lipinski definition) is 4. The van der Waals surface area contributed by atoms with Crippen LogP contribution in [0.5, 0.6) is 0 Å². The fraction of sp³-hybridized carbons (Fsp3) is 0.571. The van der Waals surface area contributed by atoms with Gasteiger partial charge >= 0.3 is 0 Å². The maximum absolute atomic E-state index is 11.0. The highest BCUT2D eigenvalue weighted by atomic mass is 79.9. The van der Waals surface area contributed by atoms with E-state index < -0.39 is 0 Å². The van der Waals surface area contributed by atoms with Gasteiger partial charge in [0.2, 0.25) is 0 Å². The first-order valence-electron chi connectivity index (χ1n) is 6.92. The summed E-state index contributed by atoms with van der Waals surface area (Å²) in [5, 5.41) is 11.0. The Morgan fingerprint density at radius 3 is 2.95 bits per heavy atom. The first-order chi connectivity index (χ1) is 9.50. The van der Waals surface area contributed by atoms with Crippen molar-refractivity contribution in [3.05, 3.63) is 38.3 Å². The van der Waals surface area contributed by atoms with Crippen LogP contribution in [-0.4, -0.2) is 28.5 Å². The van der Waals surface area contributed by atoms with Crippen LogP contribution in [0.4, 0.5) is 5.69 Å². The minimum atomic E-state index is -0.354. The number of nitrogens with two attached hydrogens (primary N) is 1. The third-order valence-electron chi connectivity index (χ3n) is 3.90. The summed E-state index contributed by atoms with van der Waals surface area (Å²) in [6.45, 7) is 3.74. The van der Waals surface area contributed by atoms with Gasteiger partial charge in [-0.15, -0.1) is 0 Å². The molecule has 1 saturated heterocycles. The molecule has 1 heterocycles. The maximum atomic E-state index is 11.0. The second-order valence-corrected chi connectivity index (χ2v) is 6.19. The molecule has 0 saturated carbocycles. The second-order valence-electron chi connectivity index (χ2n) is 5.40. The first-order valence-corrected chi connectivity index (χ1v) is 7.71. The van der Waals surface area contributed by atoms with E-state index in [9.17, 15) is 10.1 Å². The molecule has 0 bridgehead atoms. The molecule has 6 heteroatoms. The molecule has 2 rings (SSSR count). The third kappa shape index (κ3) is 3.37. The Morgan fingerprint density at radius 1 is 1.55 bits per heavy atom. The van der Waals surface area contributed by atoms with E-state index in [-0.39, 0.29) is 16.7 Å². The Balaban J connectivity index is 2.20. The Kier molecular flexibility index (Phi) is 5.12. The second kappa shape index (κ2) is 6.65. The van der Waals surface area contributed by atoms with Crippen molar-refractivity contribution >= 4 is 21.6 Å². The average Bonchev–Trinajstić information content (AvgIpc) is 2.41. The van der Waals surface area contributed by atoms with Crippen LogP contribution in [-0.2, 0) is 6.54 Å². The molecule has 110 valence electrons. The molecule has 2 atom stereocenters. The Morgan fingerprint density at radius 2 is 2.30 bits per heavy atom. The van der Waals surface area contributed by atoms with E-state index in [1.165, 1.54) is 12.5 Å². The molecule has 0 aromatic heterocycles. The Bertz CT molecular complexity index is 493. The lowest BCUT2D eigenvalue weighted by Crippen LogP contribution is -2.48. The van der Waals surface area contributed by atoms with Gasteiger partial charge in [0.25, 0.3) is 5.69 Å². The van der Waals surface area contributed by atoms with Gasteiger partial charge in [0.05, 0.1) is 9.40 Å². The molecule has 0 spiro atoms. The van der Waals surface area contributed by atoms with Gasteiger partial charge in [-0.3, -0.25) is 15.0 Å². The van der Waals surface area contributed by atoms with E-state index in [1.807, 2.05) is 13.0 Å². The summed E-state index contributed by atoms with van der Waals surface area (Å²) in [6, 6.07) is 5.67. The number of likely N-dealkylation sites (tertiary alicyclic amines) is 1. The minimum Gasteiger partial charge on any atom is -0.327 e. The third-order valence-corrected chi connectivity index (χ3v) is 4.82. The van der Waals surface area contributed by atoms with Crippen LogP contribution >= 0.6 is 15.9 Å². The van der Waals surface area contributed by atoms with E-state index >= 15 is 0 Å². The molecule has 0 radical (unpaired) electrons. The molecule has 20 heavy (non-hydrogen) atoms. The van der Waals surface area contributed by atoms with Gasteiger partial charge in [-0.2, -0.15) is 0 Å². The summed E-state index contributed by atoms with van der Waals surface area (Å²) < 4.78 is 0.582. The van der Waals surface area contributed by atoms with Gasteiger partial charge < -0.3 is 5.73 Å². The summed E-state index contributed by atoms with van der Waals surface area (Å²) in [6.07, 6.45) is 3.47. The normalized spacial score (nSPS) is 21.6. The zero-order valence-corrected chi connectivity index (χ0v) is 13.2. The molecule has 2 N–H and O–H groups in total. The number of rotatable bonds is 4. The van der Waals surface area contributed by atoms with Crippen molar-refractivity contribution in [1.82, 2.24) is 4.90 Å². The number of nitro groups is 1. The van der Waals surface area contributed by atoms with Crippen LogP contribution in [0.25, 0.3) is 0 Å². The topological polar surface area (TPSA) is 72.4 Å². The predicted octanol–water partition coefficient (Wildman–Crippen LogP) is 3.06. The molecular formula is C14H20BrN3O2. The lowest BCUT2D eigenvalue weighted by Gasteiger charge is -2.38. The van der Waals surface area contributed by atoms with Gasteiger partial charge in [-0.05, 0) is 47.8 Å². The van der Waals surface area contributed by atoms with Gasteiger partial charge in [0.1, 0.15) is 0 Å². The molecule has 0 amide bonds. The molecule has 1 aliphatic rings. The zero-order chi connectivity index (χ0) is 14.7. The van der Waals surface area contributed by atoms with E-state index in [0.717, 1.165) is 24.9 Å². The highest BCUT2D eigenvalue weighted by Gasteiger charge is 2.26. The van der Waals surface area contributed by atoms with Crippen molar-refractivity contribution in [3.8, 4) is 0 Å². The molecule has 1 fully saturated rings. The zero-order valence-electron chi connectivity index (χ0n) is 11.6. The number of piperidine rings is 1. The fourth-order valence-electron chi connectivity index (χ4n) is 2.86. The van der Waals surface area contributed by atoms with E-state index in [4.69, 9.17) is 5.73 Å². The standard InChI is InChI=1S/C14H20BrN3O2/c1-10(16)12-6-2-3-8-17(12)9-11-5-4-7-13(14(11)15)18(19)20/h4-5,7,10,12H,2-3,6,8-9,16H2,1H3. The van der Waals surface area contributed by atoms with Crippen molar-refractivity contribution in [2.24, 2.45) is 5.73 Å². The van der Waals surface area contributed by atoms with Crippen LogP contribution in [0.3, 0.4) is 0 Å². The van der Waals surface area contributed by atoms with Gasteiger partial charge in [-0.1, -0.05) is 18.6 Å². The van der Waals surface area contributed by atoms with Crippen LogP contribution in [0.15, 0.2) is 22.7 Å². The largest absolute Gasteiger partial charge is 0.327 e.